The molecule has 0 unspecified atom stereocenters. The first-order valence-corrected chi connectivity index (χ1v) is 10.9. The van der Waals surface area contributed by atoms with Gasteiger partial charge in [-0.2, -0.15) is 0 Å². The van der Waals surface area contributed by atoms with Crippen molar-refractivity contribution in [1.29, 1.82) is 0 Å². The second-order valence-electron chi connectivity index (χ2n) is 6.26. The largest absolute Gasteiger partial charge is 0.105 e. The zero-order valence-electron chi connectivity index (χ0n) is 14.2. The van der Waals surface area contributed by atoms with Crippen molar-refractivity contribution < 1.29 is 0 Å². The molecule has 118 valence electrons. The monoisotopic (exact) mass is 329 g/mol. The smallest absolute Gasteiger partial charge is 0.0735 e. The van der Waals surface area contributed by atoms with Crippen LogP contribution in [0.2, 0.25) is 0 Å². The Bertz CT molecular complexity index is 799. The molecule has 0 aliphatic rings. The van der Waals surface area contributed by atoms with Gasteiger partial charge in [0.15, 0.2) is 0 Å². The molecule has 3 aromatic rings. The van der Waals surface area contributed by atoms with Crippen molar-refractivity contribution in [2.75, 3.05) is 13.3 Å². The van der Waals surface area contributed by atoms with Crippen molar-refractivity contribution in [3.63, 3.8) is 0 Å². The molecule has 3 aromatic carbocycles. The van der Waals surface area contributed by atoms with E-state index in [1.165, 1.54) is 16.4 Å². The first-order chi connectivity index (χ1) is 11.7. The van der Waals surface area contributed by atoms with Gasteiger partial charge >= 0.3 is 0 Å². The Kier molecular flexibility index (Phi) is 5.11. The second-order valence-corrected chi connectivity index (χ2v) is 10.1. The molecule has 0 heterocycles. The number of benzene rings is 3. The molecule has 0 N–H and O–H groups in total. The van der Waals surface area contributed by atoms with Gasteiger partial charge < -0.3 is 0 Å². The molecule has 0 atom stereocenters. The third-order valence-electron chi connectivity index (χ3n) is 4.08. The van der Waals surface area contributed by atoms with Crippen molar-refractivity contribution in [2.45, 2.75) is 0 Å². The van der Waals surface area contributed by atoms with Crippen molar-refractivity contribution in [1.82, 2.24) is 0 Å². The topological polar surface area (TPSA) is 0 Å². The lowest BCUT2D eigenvalue weighted by Crippen LogP contribution is -2.05. The fourth-order valence-electron chi connectivity index (χ4n) is 2.66. The Morgan fingerprint density at radius 1 is 0.667 bits per heavy atom. The summed E-state index contributed by atoms with van der Waals surface area (Å²) in [7, 11) is -1.35. The van der Waals surface area contributed by atoms with E-state index in [2.05, 4.69) is 116 Å². The van der Waals surface area contributed by atoms with E-state index in [1.807, 2.05) is 0 Å². The van der Waals surface area contributed by atoms with Gasteiger partial charge in [-0.15, -0.1) is 0 Å². The van der Waals surface area contributed by atoms with Gasteiger partial charge in [0.25, 0.3) is 0 Å². The maximum Gasteiger partial charge on any atom is 0.105 e. The third-order valence-corrected chi connectivity index (χ3v) is 6.48. The Labute approximate surface area is 145 Å². The van der Waals surface area contributed by atoms with E-state index in [0.717, 1.165) is 5.57 Å². The summed E-state index contributed by atoms with van der Waals surface area (Å²) in [6.45, 7) is 4.67. The van der Waals surface area contributed by atoms with E-state index in [9.17, 15) is 0 Å². The molecule has 0 aliphatic heterocycles. The fraction of sp³-hybridized carbons (Fsp3) is 0.0870. The van der Waals surface area contributed by atoms with Crippen molar-refractivity contribution >= 4 is 18.1 Å². The molecule has 0 saturated heterocycles. The summed E-state index contributed by atoms with van der Waals surface area (Å²) in [5.41, 5.74) is 7.19. The van der Waals surface area contributed by atoms with Crippen LogP contribution in [0.5, 0.6) is 0 Å². The molecule has 0 aromatic heterocycles. The van der Waals surface area contributed by atoms with Crippen molar-refractivity contribution in [2.24, 2.45) is 0 Å². The first kappa shape index (κ1) is 16.5. The van der Waals surface area contributed by atoms with Crippen LogP contribution in [0.4, 0.5) is 0 Å². The zero-order chi connectivity index (χ0) is 16.8. The molecule has 0 radical (unpaired) electrons. The highest BCUT2D eigenvalue weighted by atomic mass is 31.2. The highest BCUT2D eigenvalue weighted by Crippen LogP contribution is 2.51. The van der Waals surface area contributed by atoms with Crippen LogP contribution in [0.3, 0.4) is 0 Å². The minimum Gasteiger partial charge on any atom is -0.0735 e. The minimum atomic E-state index is -1.35. The van der Waals surface area contributed by atoms with Crippen molar-refractivity contribution in [3.8, 4) is 0 Å². The third kappa shape index (κ3) is 3.92. The van der Waals surface area contributed by atoms with Gasteiger partial charge in [-0.05, 0) is 23.3 Å². The lowest BCUT2D eigenvalue weighted by Gasteiger charge is -2.12. The summed E-state index contributed by atoms with van der Waals surface area (Å²) in [6, 6.07) is 31.8. The average molecular weight is 329 g/mol. The van der Waals surface area contributed by atoms with Crippen LogP contribution in [0.1, 0.15) is 11.1 Å². The summed E-state index contributed by atoms with van der Waals surface area (Å²) in [6.07, 6.45) is 0. The lowest BCUT2D eigenvalue weighted by atomic mass is 9.99. The lowest BCUT2D eigenvalue weighted by molar-refractivity contribution is 1.55. The Morgan fingerprint density at radius 2 is 1.08 bits per heavy atom. The van der Waals surface area contributed by atoms with Gasteiger partial charge in [-0.1, -0.05) is 84.6 Å². The number of hydrogen-bond acceptors (Lipinski definition) is 0. The number of hydrogen-bond donors (Lipinski definition) is 0. The average Bonchev–Trinajstić information content (AvgIpc) is 2.64. The van der Waals surface area contributed by atoms with Gasteiger partial charge in [0.1, 0.15) is 5.82 Å². The standard InChI is InChI=1S/C23H22P/c1-24(2,22-16-10-5-11-17-22)19-18-23(20-12-6-3-7-13-20)21-14-8-4-9-15-21/h3-17,19H,1-2H3/q+1. The van der Waals surface area contributed by atoms with E-state index < -0.39 is 7.26 Å². The SMILES string of the molecule is C[P+](C)(C=C=C(c1ccccc1)c1ccccc1)c1ccccc1. The normalized spacial score (nSPS) is 10.8. The molecule has 0 amide bonds. The molecule has 0 spiro atoms. The van der Waals surface area contributed by atoms with Gasteiger partial charge in [0.2, 0.25) is 0 Å². The van der Waals surface area contributed by atoms with Gasteiger partial charge in [-0.25, -0.2) is 0 Å². The summed E-state index contributed by atoms with van der Waals surface area (Å²) < 4.78 is 0. The summed E-state index contributed by atoms with van der Waals surface area (Å²) >= 11 is 0. The minimum absolute atomic E-state index is 1.15. The fourth-order valence-corrected chi connectivity index (χ4v) is 4.20. The van der Waals surface area contributed by atoms with Crippen LogP contribution >= 0.6 is 7.26 Å². The van der Waals surface area contributed by atoms with Crippen molar-refractivity contribution in [3.05, 3.63) is 114 Å². The molecule has 0 saturated carbocycles. The summed E-state index contributed by atoms with van der Waals surface area (Å²) in [5, 5.41) is 1.40. The molecular weight excluding hydrogens is 307 g/mol. The maximum absolute atomic E-state index is 3.63. The predicted molar refractivity (Wildman–Crippen MR) is 108 cm³/mol. The van der Waals surface area contributed by atoms with E-state index >= 15 is 0 Å². The van der Waals surface area contributed by atoms with Crippen LogP contribution in [0.15, 0.2) is 103 Å². The molecule has 0 fully saturated rings. The van der Waals surface area contributed by atoms with Crippen LogP contribution in [0.25, 0.3) is 5.57 Å². The zero-order valence-corrected chi connectivity index (χ0v) is 15.1. The van der Waals surface area contributed by atoms with Crippen LogP contribution < -0.4 is 5.30 Å². The molecule has 1 heteroatoms. The van der Waals surface area contributed by atoms with E-state index in [1.54, 1.807) is 0 Å². The van der Waals surface area contributed by atoms with Gasteiger partial charge in [-0.3, -0.25) is 0 Å². The Morgan fingerprint density at radius 3 is 1.54 bits per heavy atom. The quantitative estimate of drug-likeness (QED) is 0.417. The van der Waals surface area contributed by atoms with E-state index in [4.69, 9.17) is 0 Å². The Hall–Kier alpha value is -2.39. The van der Waals surface area contributed by atoms with Gasteiger partial charge in [0, 0.05) is 5.57 Å². The summed E-state index contributed by atoms with van der Waals surface area (Å²) in [5.74, 6) is 2.29. The Balaban J connectivity index is 2.10. The van der Waals surface area contributed by atoms with Crippen LogP contribution in [0, 0.1) is 0 Å². The second kappa shape index (κ2) is 7.45. The maximum atomic E-state index is 3.63. The van der Waals surface area contributed by atoms with E-state index in [-0.39, 0.29) is 0 Å². The van der Waals surface area contributed by atoms with E-state index in [0.29, 0.717) is 0 Å². The highest BCUT2D eigenvalue weighted by Gasteiger charge is 2.24. The molecule has 0 nitrogen and oxygen atoms in total. The molecule has 0 aliphatic carbocycles. The van der Waals surface area contributed by atoms with Crippen LogP contribution in [-0.2, 0) is 0 Å². The predicted octanol–water partition coefficient (Wildman–Crippen LogP) is 5.83. The first-order valence-electron chi connectivity index (χ1n) is 8.15. The highest BCUT2D eigenvalue weighted by molar-refractivity contribution is 7.84. The molecule has 3 rings (SSSR count). The van der Waals surface area contributed by atoms with Gasteiger partial charge in [0.05, 0.1) is 25.9 Å². The molecule has 24 heavy (non-hydrogen) atoms. The number of rotatable bonds is 4. The van der Waals surface area contributed by atoms with Crippen LogP contribution in [-0.4, -0.2) is 13.3 Å². The molecule has 0 bridgehead atoms. The summed E-state index contributed by atoms with van der Waals surface area (Å²) in [4.78, 5) is 0. The molecular formula is C23H22P+.